The number of benzene rings is 1. The number of carbonyl (C=O) groups is 1. The summed E-state index contributed by atoms with van der Waals surface area (Å²) in [5.41, 5.74) is 8.13. The molecule has 0 bridgehead atoms. The van der Waals surface area contributed by atoms with Crippen LogP contribution in [0.5, 0.6) is 0 Å². The van der Waals surface area contributed by atoms with Crippen LogP contribution in [-0.4, -0.2) is 23.2 Å². The molecule has 21 heavy (non-hydrogen) atoms. The van der Waals surface area contributed by atoms with Crippen molar-refractivity contribution in [1.29, 1.82) is 0 Å². The summed E-state index contributed by atoms with van der Waals surface area (Å²) in [6.45, 7) is 6.66. The Bertz CT molecular complexity index is 427. The highest BCUT2D eigenvalue weighted by Gasteiger charge is 2.17. The van der Waals surface area contributed by atoms with Crippen molar-refractivity contribution in [1.82, 2.24) is 5.32 Å². The van der Waals surface area contributed by atoms with E-state index in [-0.39, 0.29) is 6.04 Å². The fourth-order valence-electron chi connectivity index (χ4n) is 2.20. The molecule has 0 aliphatic carbocycles. The van der Waals surface area contributed by atoms with E-state index in [2.05, 4.69) is 29.6 Å². The van der Waals surface area contributed by atoms with E-state index in [1.54, 1.807) is 0 Å². The molecule has 0 fully saturated rings. The van der Waals surface area contributed by atoms with Gasteiger partial charge in [-0.25, -0.2) is 0 Å². The molecule has 1 rings (SSSR count). The van der Waals surface area contributed by atoms with Crippen LogP contribution < -0.4 is 11.1 Å². The summed E-state index contributed by atoms with van der Waals surface area (Å²) in [4.78, 5) is 11.2. The number of nitrogens with one attached hydrogen (secondary N) is 1. The van der Waals surface area contributed by atoms with E-state index < -0.39 is 12.0 Å². The first kappa shape index (κ1) is 17.7. The molecule has 0 saturated heterocycles. The van der Waals surface area contributed by atoms with Crippen molar-refractivity contribution in [3.63, 3.8) is 0 Å². The van der Waals surface area contributed by atoms with E-state index in [4.69, 9.17) is 5.73 Å². The predicted octanol–water partition coefficient (Wildman–Crippen LogP) is 2.56. The van der Waals surface area contributed by atoms with E-state index in [1.165, 1.54) is 5.56 Å². The number of aliphatic carboxylic acids is 1. The molecule has 1 unspecified atom stereocenters. The van der Waals surface area contributed by atoms with Gasteiger partial charge in [0, 0.05) is 12.6 Å². The van der Waals surface area contributed by atoms with Crippen LogP contribution in [-0.2, 0) is 17.8 Å². The second-order valence-electron chi connectivity index (χ2n) is 6.23. The zero-order chi connectivity index (χ0) is 15.8. The van der Waals surface area contributed by atoms with Crippen molar-refractivity contribution in [3.8, 4) is 0 Å². The lowest BCUT2D eigenvalue weighted by Gasteiger charge is -2.16. The molecule has 0 amide bonds. The zero-order valence-electron chi connectivity index (χ0n) is 13.3. The van der Waals surface area contributed by atoms with E-state index in [0.717, 1.165) is 18.4 Å². The number of rotatable bonds is 9. The van der Waals surface area contributed by atoms with Crippen molar-refractivity contribution in [2.24, 2.45) is 11.7 Å². The second kappa shape index (κ2) is 8.80. The van der Waals surface area contributed by atoms with Crippen LogP contribution in [0.1, 0.15) is 44.7 Å². The standard InChI is InChI=1S/C17H28N2O2/c1-12(2)10-16(17(20)21)19-11-15-8-6-14(7-9-15)5-4-13(3)18/h6-9,12-13,16,19H,4-5,10-11,18H2,1-3H3,(H,20,21)/t13?,16-/m0/s1. The molecule has 4 heteroatoms. The monoisotopic (exact) mass is 292 g/mol. The highest BCUT2D eigenvalue weighted by molar-refractivity contribution is 5.73. The van der Waals surface area contributed by atoms with Crippen LogP contribution in [0.15, 0.2) is 24.3 Å². The number of hydrogen-bond acceptors (Lipinski definition) is 3. The minimum absolute atomic E-state index is 0.221. The van der Waals surface area contributed by atoms with Gasteiger partial charge in [-0.15, -0.1) is 0 Å². The van der Waals surface area contributed by atoms with Crippen molar-refractivity contribution in [3.05, 3.63) is 35.4 Å². The molecular weight excluding hydrogens is 264 g/mol. The van der Waals surface area contributed by atoms with E-state index in [0.29, 0.717) is 18.9 Å². The van der Waals surface area contributed by atoms with Crippen LogP contribution in [0.2, 0.25) is 0 Å². The number of carboxylic acid groups (broad SMARTS) is 1. The van der Waals surface area contributed by atoms with Gasteiger partial charge in [0.05, 0.1) is 0 Å². The van der Waals surface area contributed by atoms with Crippen molar-refractivity contribution in [2.45, 2.75) is 58.7 Å². The molecule has 118 valence electrons. The first-order valence-corrected chi connectivity index (χ1v) is 7.68. The predicted molar refractivity (Wildman–Crippen MR) is 86.1 cm³/mol. The molecular formula is C17H28N2O2. The summed E-state index contributed by atoms with van der Waals surface area (Å²) in [5, 5.41) is 12.3. The van der Waals surface area contributed by atoms with Crippen molar-refractivity contribution < 1.29 is 9.90 Å². The maximum Gasteiger partial charge on any atom is 0.320 e. The lowest BCUT2D eigenvalue weighted by atomic mass is 10.0. The average molecular weight is 292 g/mol. The van der Waals surface area contributed by atoms with Gasteiger partial charge in [0.1, 0.15) is 6.04 Å². The summed E-state index contributed by atoms with van der Waals surface area (Å²) in [6.07, 6.45) is 2.60. The molecule has 2 atom stereocenters. The fourth-order valence-corrected chi connectivity index (χ4v) is 2.20. The molecule has 0 radical (unpaired) electrons. The van der Waals surface area contributed by atoms with Gasteiger partial charge in [-0.3, -0.25) is 4.79 Å². The minimum atomic E-state index is -0.780. The maximum atomic E-state index is 11.2. The number of hydrogen-bond donors (Lipinski definition) is 3. The fraction of sp³-hybridized carbons (Fsp3) is 0.588. The van der Waals surface area contributed by atoms with Crippen molar-refractivity contribution >= 4 is 5.97 Å². The second-order valence-corrected chi connectivity index (χ2v) is 6.23. The molecule has 1 aromatic rings. The molecule has 0 saturated carbocycles. The lowest BCUT2D eigenvalue weighted by Crippen LogP contribution is -2.37. The Morgan fingerprint density at radius 2 is 1.76 bits per heavy atom. The van der Waals surface area contributed by atoms with Crippen molar-refractivity contribution in [2.75, 3.05) is 0 Å². The topological polar surface area (TPSA) is 75.3 Å². The first-order chi connectivity index (χ1) is 9.88. The van der Waals surface area contributed by atoms with Crippen LogP contribution in [0.25, 0.3) is 0 Å². The SMILES string of the molecule is CC(C)C[C@H](NCc1ccc(CCC(C)N)cc1)C(=O)O. The molecule has 0 spiro atoms. The Kier molecular flexibility index (Phi) is 7.40. The van der Waals surface area contributed by atoms with E-state index in [1.807, 2.05) is 20.8 Å². The summed E-state index contributed by atoms with van der Waals surface area (Å²) in [6, 6.07) is 8.03. The van der Waals surface area contributed by atoms with Gasteiger partial charge in [0.25, 0.3) is 0 Å². The normalized spacial score (nSPS) is 14.1. The van der Waals surface area contributed by atoms with Gasteiger partial charge in [-0.05, 0) is 43.2 Å². The van der Waals surface area contributed by atoms with E-state index in [9.17, 15) is 9.90 Å². The highest BCUT2D eigenvalue weighted by atomic mass is 16.4. The largest absolute Gasteiger partial charge is 0.480 e. The Hall–Kier alpha value is -1.39. The Morgan fingerprint density at radius 3 is 2.24 bits per heavy atom. The molecule has 4 N–H and O–H groups in total. The van der Waals surface area contributed by atoms with Gasteiger partial charge < -0.3 is 16.2 Å². The number of aryl methyl sites for hydroxylation is 1. The Balaban J connectivity index is 2.49. The molecule has 0 heterocycles. The van der Waals surface area contributed by atoms with Crippen LogP contribution in [0.4, 0.5) is 0 Å². The molecule has 0 aliphatic rings. The number of nitrogens with two attached hydrogens (primary N) is 1. The quantitative estimate of drug-likeness (QED) is 0.654. The van der Waals surface area contributed by atoms with Crippen LogP contribution in [0, 0.1) is 5.92 Å². The third kappa shape index (κ3) is 7.25. The smallest absolute Gasteiger partial charge is 0.320 e. The third-order valence-corrected chi connectivity index (χ3v) is 3.47. The Labute approximate surface area is 127 Å². The molecule has 0 aromatic heterocycles. The summed E-state index contributed by atoms with van der Waals surface area (Å²) < 4.78 is 0. The summed E-state index contributed by atoms with van der Waals surface area (Å²) >= 11 is 0. The van der Waals surface area contributed by atoms with Gasteiger partial charge in [0.2, 0.25) is 0 Å². The first-order valence-electron chi connectivity index (χ1n) is 7.68. The molecule has 4 nitrogen and oxygen atoms in total. The molecule has 0 aliphatic heterocycles. The lowest BCUT2D eigenvalue weighted by molar-refractivity contribution is -0.140. The average Bonchev–Trinajstić information content (AvgIpc) is 2.41. The zero-order valence-corrected chi connectivity index (χ0v) is 13.3. The van der Waals surface area contributed by atoms with E-state index >= 15 is 0 Å². The molecule has 1 aromatic carbocycles. The van der Waals surface area contributed by atoms with Gasteiger partial charge in [-0.1, -0.05) is 38.1 Å². The maximum absolute atomic E-state index is 11.2. The minimum Gasteiger partial charge on any atom is -0.480 e. The third-order valence-electron chi connectivity index (χ3n) is 3.47. The van der Waals surface area contributed by atoms with Crippen LogP contribution >= 0.6 is 0 Å². The van der Waals surface area contributed by atoms with Gasteiger partial charge >= 0.3 is 5.97 Å². The summed E-state index contributed by atoms with van der Waals surface area (Å²) in [7, 11) is 0. The van der Waals surface area contributed by atoms with Gasteiger partial charge in [0.15, 0.2) is 0 Å². The Morgan fingerprint density at radius 1 is 1.19 bits per heavy atom. The van der Waals surface area contributed by atoms with Gasteiger partial charge in [-0.2, -0.15) is 0 Å². The number of carboxylic acids is 1. The summed E-state index contributed by atoms with van der Waals surface area (Å²) in [5.74, 6) is -0.420. The highest BCUT2D eigenvalue weighted by Crippen LogP contribution is 2.10. The van der Waals surface area contributed by atoms with Crippen LogP contribution in [0.3, 0.4) is 0 Å².